The van der Waals surface area contributed by atoms with Crippen LogP contribution in [-0.4, -0.2) is 18.4 Å². The fourth-order valence-electron chi connectivity index (χ4n) is 2.58. The van der Waals surface area contributed by atoms with Gasteiger partial charge >= 0.3 is 0 Å². The van der Waals surface area contributed by atoms with Gasteiger partial charge in [0, 0.05) is 11.8 Å². The van der Waals surface area contributed by atoms with Crippen molar-refractivity contribution >= 4 is 9.84 Å². The van der Waals surface area contributed by atoms with Crippen molar-refractivity contribution in [2.24, 2.45) is 11.8 Å². The summed E-state index contributed by atoms with van der Waals surface area (Å²) in [5.41, 5.74) is 0. The van der Waals surface area contributed by atoms with Crippen LogP contribution in [0.25, 0.3) is 0 Å². The monoisotopic (exact) mass is 182 g/mol. The van der Waals surface area contributed by atoms with E-state index in [0.717, 1.165) is 0 Å². The summed E-state index contributed by atoms with van der Waals surface area (Å²) in [5.74, 6) is 0.523. The summed E-state index contributed by atoms with van der Waals surface area (Å²) < 4.78 is 23.2. The molecule has 0 unspecified atom stereocenters. The average molecular weight is 182 g/mol. The minimum Gasteiger partial charge on any atom is -0.227 e. The third-order valence-corrected chi connectivity index (χ3v) is 6.39. The Balaban J connectivity index is 2.37. The SMILES string of the molecule is CC12[C@H]3C=CC(C=C[C@@H]31)S2(=O)=O. The lowest BCUT2D eigenvalue weighted by molar-refractivity contribution is 0.570. The van der Waals surface area contributed by atoms with Gasteiger partial charge in [0.25, 0.3) is 0 Å². The number of hydrogen-bond acceptors (Lipinski definition) is 2. The fraction of sp³-hybridized carbons (Fsp3) is 0.556. The molecule has 0 aromatic carbocycles. The van der Waals surface area contributed by atoms with Gasteiger partial charge in [0.1, 0.15) is 0 Å². The number of allylic oxidation sites excluding steroid dienone is 2. The lowest BCUT2D eigenvalue weighted by Gasteiger charge is -2.22. The van der Waals surface area contributed by atoms with Crippen molar-refractivity contribution in [3.05, 3.63) is 24.3 Å². The molecule has 64 valence electrons. The first-order chi connectivity index (χ1) is 5.58. The lowest BCUT2D eigenvalue weighted by Crippen LogP contribution is -2.35. The molecule has 3 rings (SSSR count). The zero-order valence-corrected chi connectivity index (χ0v) is 7.58. The highest BCUT2D eigenvalue weighted by atomic mass is 32.2. The van der Waals surface area contributed by atoms with Crippen molar-refractivity contribution in [1.82, 2.24) is 0 Å². The molecule has 0 aromatic rings. The molecule has 12 heavy (non-hydrogen) atoms. The van der Waals surface area contributed by atoms with Gasteiger partial charge in [0.2, 0.25) is 0 Å². The van der Waals surface area contributed by atoms with E-state index < -0.39 is 14.6 Å². The third kappa shape index (κ3) is 0.454. The van der Waals surface area contributed by atoms with Gasteiger partial charge in [-0.3, -0.25) is 0 Å². The zero-order chi connectivity index (χ0) is 8.56. The maximum absolute atomic E-state index is 11.8. The molecule has 2 atom stereocenters. The highest BCUT2D eigenvalue weighted by molar-refractivity contribution is 7.94. The molecule has 2 aliphatic heterocycles. The molecule has 0 amide bonds. The Kier molecular flexibility index (Phi) is 0.893. The minimum atomic E-state index is -2.90. The van der Waals surface area contributed by atoms with Crippen LogP contribution in [0, 0.1) is 11.8 Å². The first kappa shape index (κ1) is 6.89. The van der Waals surface area contributed by atoms with Gasteiger partial charge in [-0.15, -0.1) is 0 Å². The summed E-state index contributed by atoms with van der Waals surface area (Å²) in [6.45, 7) is 1.87. The number of fused-ring (bicyclic) bond motifs is 2. The van der Waals surface area contributed by atoms with Crippen LogP contribution in [0.5, 0.6) is 0 Å². The van der Waals surface area contributed by atoms with Crippen LogP contribution in [0.1, 0.15) is 6.92 Å². The predicted octanol–water partition coefficient (Wildman–Crippen LogP) is 0.914. The fourth-order valence-corrected chi connectivity index (χ4v) is 4.90. The minimum absolute atomic E-state index is 0.262. The van der Waals surface area contributed by atoms with Crippen LogP contribution in [0.3, 0.4) is 0 Å². The second-order valence-electron chi connectivity index (χ2n) is 4.01. The molecule has 0 radical (unpaired) electrons. The second kappa shape index (κ2) is 1.55. The Bertz CT molecular complexity index is 382. The molecule has 3 heteroatoms. The summed E-state index contributed by atoms with van der Waals surface area (Å²) >= 11 is 0. The smallest absolute Gasteiger partial charge is 0.166 e. The Labute approximate surface area is 71.9 Å². The van der Waals surface area contributed by atoms with Gasteiger partial charge in [-0.05, 0) is 6.92 Å². The lowest BCUT2D eigenvalue weighted by atomic mass is 10.2. The van der Waals surface area contributed by atoms with Crippen LogP contribution in [0.2, 0.25) is 0 Å². The Hall–Kier alpha value is -0.570. The second-order valence-corrected chi connectivity index (χ2v) is 6.53. The van der Waals surface area contributed by atoms with E-state index in [-0.39, 0.29) is 17.1 Å². The topological polar surface area (TPSA) is 34.1 Å². The summed E-state index contributed by atoms with van der Waals surface area (Å²) in [5, 5.41) is -0.336. The molecule has 3 aliphatic rings. The van der Waals surface area contributed by atoms with E-state index >= 15 is 0 Å². The highest BCUT2D eigenvalue weighted by Crippen LogP contribution is 2.63. The van der Waals surface area contributed by atoms with E-state index in [1.54, 1.807) is 0 Å². The average Bonchev–Trinajstić information content (AvgIpc) is 2.64. The molecule has 0 aromatic heterocycles. The van der Waals surface area contributed by atoms with Crippen molar-refractivity contribution in [3.8, 4) is 0 Å². The molecular weight excluding hydrogens is 172 g/mol. The Morgan fingerprint density at radius 3 is 2.00 bits per heavy atom. The van der Waals surface area contributed by atoms with E-state index in [2.05, 4.69) is 12.2 Å². The first-order valence-electron chi connectivity index (χ1n) is 4.18. The van der Waals surface area contributed by atoms with Gasteiger partial charge in [-0.1, -0.05) is 24.3 Å². The van der Waals surface area contributed by atoms with Crippen molar-refractivity contribution in [2.75, 3.05) is 0 Å². The standard InChI is InChI=1S/C9H10O2S/c1-9-7-4-2-6(12(9,10)11)3-5-8(7)9/h2-8H,1H3/t6?,7-,8-,9?/m0/s1. The van der Waals surface area contributed by atoms with Crippen LogP contribution < -0.4 is 0 Å². The largest absolute Gasteiger partial charge is 0.227 e. The normalized spacial score (nSPS) is 56.9. The Morgan fingerprint density at radius 1 is 1.08 bits per heavy atom. The summed E-state index contributed by atoms with van der Waals surface area (Å²) in [4.78, 5) is 0. The number of sulfone groups is 1. The summed E-state index contributed by atoms with van der Waals surface area (Å²) in [6, 6.07) is 0. The van der Waals surface area contributed by atoms with Gasteiger partial charge in [0.05, 0.1) is 10.00 Å². The molecule has 0 N–H and O–H groups in total. The quantitative estimate of drug-likeness (QED) is 0.522. The van der Waals surface area contributed by atoms with Crippen LogP contribution in [0.15, 0.2) is 24.3 Å². The first-order valence-corrected chi connectivity index (χ1v) is 5.73. The zero-order valence-electron chi connectivity index (χ0n) is 6.77. The molecule has 2 nitrogen and oxygen atoms in total. The van der Waals surface area contributed by atoms with E-state index in [9.17, 15) is 8.42 Å². The van der Waals surface area contributed by atoms with Crippen molar-refractivity contribution in [2.45, 2.75) is 16.9 Å². The molecular formula is C9H10O2S. The maximum Gasteiger partial charge on any atom is 0.166 e. The molecule has 2 bridgehead atoms. The van der Waals surface area contributed by atoms with E-state index in [4.69, 9.17) is 0 Å². The molecule has 1 fully saturated rings. The van der Waals surface area contributed by atoms with E-state index in [1.165, 1.54) is 0 Å². The van der Waals surface area contributed by atoms with Crippen molar-refractivity contribution in [1.29, 1.82) is 0 Å². The third-order valence-electron chi connectivity index (χ3n) is 3.59. The number of rotatable bonds is 0. The van der Waals surface area contributed by atoms with Gasteiger partial charge in [-0.25, -0.2) is 8.42 Å². The predicted molar refractivity (Wildman–Crippen MR) is 46.4 cm³/mol. The van der Waals surface area contributed by atoms with E-state index in [0.29, 0.717) is 0 Å². The van der Waals surface area contributed by atoms with Crippen molar-refractivity contribution < 1.29 is 8.42 Å². The Morgan fingerprint density at radius 2 is 1.58 bits per heavy atom. The molecule has 2 heterocycles. The number of hydrogen-bond donors (Lipinski definition) is 0. The molecule has 0 saturated heterocycles. The molecule has 1 aliphatic carbocycles. The maximum atomic E-state index is 11.8. The van der Waals surface area contributed by atoms with E-state index in [1.807, 2.05) is 19.1 Å². The van der Waals surface area contributed by atoms with Gasteiger partial charge in [-0.2, -0.15) is 0 Å². The van der Waals surface area contributed by atoms with Crippen LogP contribution in [0.4, 0.5) is 0 Å². The van der Waals surface area contributed by atoms with Crippen molar-refractivity contribution in [3.63, 3.8) is 0 Å². The summed E-state index contributed by atoms with van der Waals surface area (Å²) in [6.07, 6.45) is 7.78. The van der Waals surface area contributed by atoms with Crippen LogP contribution >= 0.6 is 0 Å². The summed E-state index contributed by atoms with van der Waals surface area (Å²) in [7, 11) is -2.90. The molecule has 1 saturated carbocycles. The highest BCUT2D eigenvalue weighted by Gasteiger charge is 2.71. The van der Waals surface area contributed by atoms with Gasteiger partial charge < -0.3 is 0 Å². The van der Waals surface area contributed by atoms with Gasteiger partial charge in [0.15, 0.2) is 9.84 Å². The van der Waals surface area contributed by atoms with Crippen LogP contribution in [-0.2, 0) is 9.84 Å². The molecule has 0 spiro atoms.